The van der Waals surface area contributed by atoms with E-state index in [2.05, 4.69) is 0 Å². The van der Waals surface area contributed by atoms with Gasteiger partial charge in [0.15, 0.2) is 0 Å². The number of carbonyl (C=O) groups excluding carboxylic acids is 1. The largest absolute Gasteiger partial charge is 0.335 e. The Balaban J connectivity index is 2.42. The molecule has 1 aromatic rings. The van der Waals surface area contributed by atoms with Gasteiger partial charge in [0.2, 0.25) is 5.82 Å². The van der Waals surface area contributed by atoms with Gasteiger partial charge in [0.25, 0.3) is 5.91 Å². The van der Waals surface area contributed by atoms with Crippen molar-refractivity contribution in [2.45, 2.75) is 38.6 Å². The molecule has 0 bridgehead atoms. The number of piperidine rings is 1. The molecule has 1 saturated heterocycles. The molecule has 21 heavy (non-hydrogen) atoms. The number of nitro groups is 1. The van der Waals surface area contributed by atoms with Crippen LogP contribution in [0.2, 0.25) is 0 Å². The number of nitro benzene ring substituents is 1. The van der Waals surface area contributed by atoms with Crippen molar-refractivity contribution in [2.75, 3.05) is 6.54 Å². The first-order valence-electron chi connectivity index (χ1n) is 6.90. The Labute approximate surface area is 120 Å². The second-order valence-electron chi connectivity index (χ2n) is 5.07. The Hall–Kier alpha value is -2.05. The van der Waals surface area contributed by atoms with Crippen molar-refractivity contribution < 1.29 is 18.5 Å². The van der Waals surface area contributed by atoms with E-state index in [9.17, 15) is 23.7 Å². The van der Waals surface area contributed by atoms with Crippen LogP contribution >= 0.6 is 0 Å². The summed E-state index contributed by atoms with van der Waals surface area (Å²) in [6.07, 6.45) is 3.19. The van der Waals surface area contributed by atoms with Gasteiger partial charge in [0.1, 0.15) is 11.4 Å². The highest BCUT2D eigenvalue weighted by Crippen LogP contribution is 2.27. The minimum atomic E-state index is -1.40. The van der Waals surface area contributed by atoms with Crippen LogP contribution in [-0.4, -0.2) is 28.3 Å². The van der Waals surface area contributed by atoms with E-state index in [1.54, 1.807) is 0 Å². The molecule has 1 amide bonds. The second-order valence-corrected chi connectivity index (χ2v) is 5.07. The molecule has 0 N–H and O–H groups in total. The third-order valence-corrected chi connectivity index (χ3v) is 3.84. The average molecular weight is 298 g/mol. The molecule has 1 aromatic carbocycles. The first-order valence-corrected chi connectivity index (χ1v) is 6.90. The highest BCUT2D eigenvalue weighted by atomic mass is 19.1. The molecule has 114 valence electrons. The number of halogens is 2. The SMILES string of the molecule is CCC1CCCCN1C(=O)c1c(F)ccc([N+](=O)[O-])c1F. The third-order valence-electron chi connectivity index (χ3n) is 3.84. The van der Waals surface area contributed by atoms with Gasteiger partial charge in [0.05, 0.1) is 4.92 Å². The van der Waals surface area contributed by atoms with Crippen molar-refractivity contribution in [1.82, 2.24) is 4.90 Å². The summed E-state index contributed by atoms with van der Waals surface area (Å²) in [6.45, 7) is 2.31. The van der Waals surface area contributed by atoms with E-state index in [0.717, 1.165) is 31.4 Å². The molecule has 1 fully saturated rings. The van der Waals surface area contributed by atoms with Gasteiger partial charge in [-0.1, -0.05) is 6.92 Å². The van der Waals surface area contributed by atoms with Gasteiger partial charge in [-0.2, -0.15) is 4.39 Å². The van der Waals surface area contributed by atoms with Crippen LogP contribution in [0.15, 0.2) is 12.1 Å². The maximum atomic E-state index is 14.1. The van der Waals surface area contributed by atoms with Crippen molar-refractivity contribution in [3.8, 4) is 0 Å². The molecule has 1 unspecified atom stereocenters. The standard InChI is InChI=1S/C14H16F2N2O3/c1-2-9-5-3-4-8-17(9)14(19)12-10(15)6-7-11(13(12)16)18(20)21/h6-7,9H,2-5,8H2,1H3. The van der Waals surface area contributed by atoms with Crippen LogP contribution in [0.5, 0.6) is 0 Å². The van der Waals surface area contributed by atoms with Crippen molar-refractivity contribution in [2.24, 2.45) is 0 Å². The molecular formula is C14H16F2N2O3. The average Bonchev–Trinajstić information content (AvgIpc) is 2.46. The molecule has 0 spiro atoms. The number of likely N-dealkylation sites (tertiary alicyclic amines) is 1. The lowest BCUT2D eigenvalue weighted by Crippen LogP contribution is -2.44. The Morgan fingerprint density at radius 3 is 2.76 bits per heavy atom. The zero-order chi connectivity index (χ0) is 15.6. The maximum Gasteiger partial charge on any atom is 0.305 e. The van der Waals surface area contributed by atoms with Crippen LogP contribution in [0.4, 0.5) is 14.5 Å². The zero-order valence-corrected chi connectivity index (χ0v) is 11.6. The quantitative estimate of drug-likeness (QED) is 0.635. The number of carbonyl (C=O) groups is 1. The predicted octanol–water partition coefficient (Wildman–Crippen LogP) is 3.28. The number of amides is 1. The molecule has 1 atom stereocenters. The van der Waals surface area contributed by atoms with Crippen LogP contribution in [0.3, 0.4) is 0 Å². The third kappa shape index (κ3) is 2.86. The lowest BCUT2D eigenvalue weighted by atomic mass is 9.98. The molecule has 1 aliphatic rings. The molecule has 5 nitrogen and oxygen atoms in total. The first kappa shape index (κ1) is 15.3. The molecule has 0 radical (unpaired) electrons. The van der Waals surface area contributed by atoms with E-state index >= 15 is 0 Å². The van der Waals surface area contributed by atoms with E-state index < -0.39 is 33.7 Å². The molecule has 7 heteroatoms. The van der Waals surface area contributed by atoms with E-state index in [-0.39, 0.29) is 6.04 Å². The summed E-state index contributed by atoms with van der Waals surface area (Å²) in [7, 11) is 0. The minimum Gasteiger partial charge on any atom is -0.335 e. The molecule has 0 saturated carbocycles. The van der Waals surface area contributed by atoms with Crippen molar-refractivity contribution in [3.63, 3.8) is 0 Å². The van der Waals surface area contributed by atoms with Crippen molar-refractivity contribution in [1.29, 1.82) is 0 Å². The van der Waals surface area contributed by atoms with Gasteiger partial charge in [-0.05, 0) is 31.7 Å². The Morgan fingerprint density at radius 1 is 1.43 bits per heavy atom. The molecular weight excluding hydrogens is 282 g/mol. The zero-order valence-electron chi connectivity index (χ0n) is 11.6. The Bertz CT molecular complexity index is 578. The number of hydrogen-bond donors (Lipinski definition) is 0. The normalized spacial score (nSPS) is 18.6. The van der Waals surface area contributed by atoms with E-state index in [1.165, 1.54) is 4.90 Å². The predicted molar refractivity (Wildman–Crippen MR) is 72.0 cm³/mol. The van der Waals surface area contributed by atoms with Gasteiger partial charge in [-0.25, -0.2) is 4.39 Å². The number of rotatable bonds is 3. The van der Waals surface area contributed by atoms with Gasteiger partial charge < -0.3 is 4.90 Å². The molecule has 0 aliphatic carbocycles. The molecule has 1 heterocycles. The number of hydrogen-bond acceptors (Lipinski definition) is 3. The summed E-state index contributed by atoms with van der Waals surface area (Å²) in [6, 6.07) is 1.42. The van der Waals surface area contributed by atoms with E-state index in [4.69, 9.17) is 0 Å². The summed E-state index contributed by atoms with van der Waals surface area (Å²) in [5.41, 5.74) is -1.71. The van der Waals surface area contributed by atoms with Crippen molar-refractivity contribution >= 4 is 11.6 Å². The second kappa shape index (κ2) is 6.15. The van der Waals surface area contributed by atoms with Crippen LogP contribution < -0.4 is 0 Å². The van der Waals surface area contributed by atoms with Crippen LogP contribution in [-0.2, 0) is 0 Å². The smallest absolute Gasteiger partial charge is 0.305 e. The fourth-order valence-electron chi connectivity index (χ4n) is 2.71. The van der Waals surface area contributed by atoms with E-state index in [0.29, 0.717) is 13.0 Å². The summed E-state index contributed by atoms with van der Waals surface area (Å²) in [4.78, 5) is 23.6. The maximum absolute atomic E-state index is 14.1. The van der Waals surface area contributed by atoms with Crippen LogP contribution in [0.1, 0.15) is 43.0 Å². The van der Waals surface area contributed by atoms with E-state index in [1.807, 2.05) is 6.92 Å². The summed E-state index contributed by atoms with van der Waals surface area (Å²) in [5.74, 6) is -3.27. The van der Waals surface area contributed by atoms with Gasteiger partial charge in [0, 0.05) is 18.7 Å². The van der Waals surface area contributed by atoms with Gasteiger partial charge >= 0.3 is 5.69 Å². The Morgan fingerprint density at radius 2 is 2.14 bits per heavy atom. The highest BCUT2D eigenvalue weighted by molar-refractivity contribution is 5.95. The molecule has 2 rings (SSSR count). The lowest BCUT2D eigenvalue weighted by molar-refractivity contribution is -0.387. The van der Waals surface area contributed by atoms with Gasteiger partial charge in [-0.15, -0.1) is 0 Å². The van der Waals surface area contributed by atoms with Crippen LogP contribution in [0.25, 0.3) is 0 Å². The minimum absolute atomic E-state index is 0.0793. The van der Waals surface area contributed by atoms with Gasteiger partial charge in [-0.3, -0.25) is 14.9 Å². The number of nitrogens with zero attached hydrogens (tertiary/aromatic N) is 2. The summed E-state index contributed by atoms with van der Waals surface area (Å²) < 4.78 is 27.9. The fraction of sp³-hybridized carbons (Fsp3) is 0.500. The Kier molecular flexibility index (Phi) is 4.50. The lowest BCUT2D eigenvalue weighted by Gasteiger charge is -2.35. The molecule has 1 aliphatic heterocycles. The first-order chi connectivity index (χ1) is 9.97. The van der Waals surface area contributed by atoms with Crippen LogP contribution in [0, 0.1) is 21.7 Å². The molecule has 0 aromatic heterocycles. The highest BCUT2D eigenvalue weighted by Gasteiger charge is 2.33. The topological polar surface area (TPSA) is 63.5 Å². The summed E-state index contributed by atoms with van der Waals surface area (Å²) in [5, 5.41) is 10.7. The number of benzene rings is 1. The van der Waals surface area contributed by atoms with Crippen molar-refractivity contribution in [3.05, 3.63) is 39.4 Å². The fourth-order valence-corrected chi connectivity index (χ4v) is 2.71. The summed E-state index contributed by atoms with van der Waals surface area (Å²) >= 11 is 0. The monoisotopic (exact) mass is 298 g/mol.